The van der Waals surface area contributed by atoms with E-state index in [-0.39, 0.29) is 0 Å². The van der Waals surface area contributed by atoms with E-state index in [1.54, 1.807) is 16.8 Å². The average molecular weight is 393 g/mol. The minimum absolute atomic E-state index is 0.347. The molecule has 0 radical (unpaired) electrons. The van der Waals surface area contributed by atoms with Gasteiger partial charge in [-0.1, -0.05) is 0 Å². The molecule has 11 nitrogen and oxygen atoms in total. The topological polar surface area (TPSA) is 170 Å². The van der Waals surface area contributed by atoms with Crippen LogP contribution in [-0.4, -0.2) is 90.8 Å². The van der Waals surface area contributed by atoms with E-state index in [1.165, 1.54) is 6.33 Å². The fourth-order valence-electron chi connectivity index (χ4n) is 3.81. The zero-order valence-corrected chi connectivity index (χ0v) is 15.3. The minimum atomic E-state index is -1.15. The van der Waals surface area contributed by atoms with E-state index in [2.05, 4.69) is 9.97 Å². The van der Waals surface area contributed by atoms with Crippen LogP contribution in [0, 0.1) is 0 Å². The van der Waals surface area contributed by atoms with Gasteiger partial charge in [0.15, 0.2) is 11.9 Å². The summed E-state index contributed by atoms with van der Waals surface area (Å²) in [7, 11) is 0. The van der Waals surface area contributed by atoms with Gasteiger partial charge in [0, 0.05) is 12.6 Å². The van der Waals surface area contributed by atoms with E-state index < -0.39 is 36.6 Å². The number of nitrogen functional groups attached to an aromatic ring is 1. The summed E-state index contributed by atoms with van der Waals surface area (Å²) in [6, 6.07) is 0.733. The molecule has 7 N–H and O–H groups in total. The summed E-state index contributed by atoms with van der Waals surface area (Å²) in [6.07, 6.45) is -0.265. The first-order valence-electron chi connectivity index (χ1n) is 9.23. The van der Waals surface area contributed by atoms with Crippen molar-refractivity contribution in [1.29, 1.82) is 0 Å². The van der Waals surface area contributed by atoms with Gasteiger partial charge in [-0.2, -0.15) is 0 Å². The van der Waals surface area contributed by atoms with Crippen LogP contribution in [0.15, 0.2) is 18.6 Å². The lowest BCUT2D eigenvalue weighted by Gasteiger charge is -2.24. The number of nitrogens with zero attached hydrogens (tertiary/aromatic N) is 4. The molecule has 0 spiro atoms. The van der Waals surface area contributed by atoms with Gasteiger partial charge >= 0.3 is 5.97 Å². The average Bonchev–Trinajstić information content (AvgIpc) is 3.21. The molecular weight excluding hydrogens is 368 g/mol. The third kappa shape index (κ3) is 3.31. The first-order valence-corrected chi connectivity index (χ1v) is 9.23. The highest BCUT2D eigenvalue weighted by Gasteiger charge is 2.52. The summed E-state index contributed by atoms with van der Waals surface area (Å²) in [5.41, 5.74) is 13.0. The molecule has 2 saturated heterocycles. The quantitative estimate of drug-likeness (QED) is 0.271. The van der Waals surface area contributed by atoms with Crippen molar-refractivity contribution >= 4 is 22.8 Å². The van der Waals surface area contributed by atoms with E-state index >= 15 is 0 Å². The number of nitrogens with two attached hydrogens (primary N) is 2. The molecule has 4 heterocycles. The van der Waals surface area contributed by atoms with Crippen LogP contribution in [0.4, 0.5) is 5.69 Å². The number of aliphatic carboxylic acids is 1. The Morgan fingerprint density at radius 2 is 2.11 bits per heavy atom. The third-order valence-electron chi connectivity index (χ3n) is 5.76. The number of aromatic nitrogens is 3. The molecule has 11 heteroatoms. The number of anilines is 1. The Bertz CT molecular complexity index is 884. The molecule has 2 aliphatic heterocycles. The van der Waals surface area contributed by atoms with Crippen LogP contribution in [0.5, 0.6) is 0 Å². The van der Waals surface area contributed by atoms with E-state index in [4.69, 9.17) is 21.3 Å². The summed E-state index contributed by atoms with van der Waals surface area (Å²) in [4.78, 5) is 19.4. The molecule has 5 atom stereocenters. The van der Waals surface area contributed by atoms with E-state index in [9.17, 15) is 15.0 Å². The van der Waals surface area contributed by atoms with Gasteiger partial charge in [0.2, 0.25) is 0 Å². The minimum Gasteiger partial charge on any atom is -0.480 e. The molecule has 0 aliphatic carbocycles. The van der Waals surface area contributed by atoms with E-state index in [0.717, 1.165) is 13.1 Å². The number of hydrogen-bond donors (Lipinski definition) is 5. The number of rotatable bonds is 7. The number of hydrogen-bond acceptors (Lipinski definition) is 8. The summed E-state index contributed by atoms with van der Waals surface area (Å²) >= 11 is 0. The van der Waals surface area contributed by atoms with Gasteiger partial charge in [0.25, 0.3) is 0 Å². The number of carboxylic acids is 1. The SMILES string of the molecule is Nc1ccnc2c1ncn2[C@@H]1O[C@H](C[N+]2(CCC(N)C(=O)O)CC2)C(O)[C@@H]1O. The van der Waals surface area contributed by atoms with Gasteiger partial charge in [-0.25, -0.2) is 9.97 Å². The number of ether oxygens (including phenoxy) is 1. The molecule has 0 saturated carbocycles. The number of aliphatic hydroxyl groups excluding tert-OH is 2. The van der Waals surface area contributed by atoms with Crippen LogP contribution in [0.25, 0.3) is 11.2 Å². The summed E-state index contributed by atoms with van der Waals surface area (Å²) in [6.45, 7) is 2.80. The Kier molecular flexibility index (Phi) is 4.71. The van der Waals surface area contributed by atoms with Crippen molar-refractivity contribution in [2.45, 2.75) is 37.0 Å². The lowest BCUT2D eigenvalue weighted by atomic mass is 10.1. The van der Waals surface area contributed by atoms with Gasteiger partial charge in [-0.15, -0.1) is 0 Å². The second kappa shape index (κ2) is 6.94. The molecule has 2 aromatic rings. The van der Waals surface area contributed by atoms with Gasteiger partial charge in [-0.3, -0.25) is 9.36 Å². The van der Waals surface area contributed by atoms with Crippen molar-refractivity contribution in [2.24, 2.45) is 5.73 Å². The van der Waals surface area contributed by atoms with E-state index in [0.29, 0.717) is 40.8 Å². The number of pyridine rings is 1. The maximum atomic E-state index is 10.9. The molecule has 4 rings (SSSR count). The van der Waals surface area contributed by atoms with Gasteiger partial charge in [0.05, 0.1) is 18.6 Å². The number of quaternary nitrogens is 1. The van der Waals surface area contributed by atoms with Crippen LogP contribution in [0.2, 0.25) is 0 Å². The van der Waals surface area contributed by atoms with Gasteiger partial charge in [-0.05, 0) is 6.07 Å². The standard InChI is InChI=1S/C17H24N6O5/c18-9-1-3-20-15-12(9)21-8-22(15)16-14(25)13(24)11(28-16)7-23(5-6-23)4-2-10(19)17(26)27/h1,3,8,10-11,13-14,16,24-25H,2,4-7,19H2,(H2-,18,20,26,27)/p+1/t10?,11-,13?,14+,16-/m1/s1. The second-order valence-corrected chi connectivity index (χ2v) is 7.70. The highest BCUT2D eigenvalue weighted by atomic mass is 16.6. The van der Waals surface area contributed by atoms with E-state index in [1.807, 2.05) is 0 Å². The predicted octanol–water partition coefficient (Wildman–Crippen LogP) is -1.73. The first-order chi connectivity index (χ1) is 13.3. The molecular formula is C17H25N6O5+. The molecule has 2 aliphatic rings. The number of carboxylic acid groups (broad SMARTS) is 1. The van der Waals surface area contributed by atoms with Gasteiger partial charge in [0.1, 0.15) is 49.5 Å². The third-order valence-corrected chi connectivity index (χ3v) is 5.76. The Morgan fingerprint density at radius 1 is 1.36 bits per heavy atom. The second-order valence-electron chi connectivity index (χ2n) is 7.70. The molecule has 152 valence electrons. The molecule has 2 aromatic heterocycles. The highest BCUT2D eigenvalue weighted by Crippen LogP contribution is 2.35. The smallest absolute Gasteiger partial charge is 0.320 e. The van der Waals surface area contributed by atoms with Crippen LogP contribution in [0.3, 0.4) is 0 Å². The Labute approximate surface area is 160 Å². The highest BCUT2D eigenvalue weighted by molar-refractivity contribution is 5.83. The summed E-state index contributed by atoms with van der Waals surface area (Å²) in [5.74, 6) is -1.02. The molecule has 2 fully saturated rings. The molecule has 28 heavy (non-hydrogen) atoms. The Balaban J connectivity index is 1.47. The monoisotopic (exact) mass is 393 g/mol. The molecule has 2 unspecified atom stereocenters. The normalized spacial score (nSPS) is 29.8. The van der Waals surface area contributed by atoms with Crippen molar-refractivity contribution < 1.29 is 29.3 Å². The lowest BCUT2D eigenvalue weighted by molar-refractivity contribution is -0.804. The van der Waals surface area contributed by atoms with Crippen molar-refractivity contribution in [2.75, 3.05) is 31.9 Å². The van der Waals surface area contributed by atoms with Crippen LogP contribution >= 0.6 is 0 Å². The zero-order valence-electron chi connectivity index (χ0n) is 15.3. The summed E-state index contributed by atoms with van der Waals surface area (Å²) in [5, 5.41) is 30.0. The van der Waals surface area contributed by atoms with Crippen molar-refractivity contribution in [3.05, 3.63) is 18.6 Å². The van der Waals surface area contributed by atoms with Crippen LogP contribution in [0.1, 0.15) is 12.6 Å². The fraction of sp³-hybridized carbons (Fsp3) is 0.588. The van der Waals surface area contributed by atoms with Crippen molar-refractivity contribution in [3.8, 4) is 0 Å². The zero-order chi connectivity index (χ0) is 20.1. The Hall–Kier alpha value is -2.31. The first kappa shape index (κ1) is 19.0. The predicted molar refractivity (Wildman–Crippen MR) is 97.8 cm³/mol. The largest absolute Gasteiger partial charge is 0.480 e. The van der Waals surface area contributed by atoms with Crippen LogP contribution in [-0.2, 0) is 9.53 Å². The van der Waals surface area contributed by atoms with Crippen molar-refractivity contribution in [1.82, 2.24) is 14.5 Å². The lowest BCUT2D eigenvalue weighted by Crippen LogP contribution is -2.44. The number of carbonyl (C=O) groups is 1. The molecule has 0 aromatic carbocycles. The Morgan fingerprint density at radius 3 is 2.79 bits per heavy atom. The fourth-order valence-corrected chi connectivity index (χ4v) is 3.81. The number of imidazole rings is 1. The maximum absolute atomic E-state index is 10.9. The molecule has 0 bridgehead atoms. The number of aliphatic hydroxyl groups is 2. The maximum Gasteiger partial charge on any atom is 0.320 e. The van der Waals surface area contributed by atoms with Crippen LogP contribution < -0.4 is 11.5 Å². The number of fused-ring (bicyclic) bond motifs is 1. The molecule has 0 amide bonds. The van der Waals surface area contributed by atoms with Gasteiger partial charge < -0.3 is 36.0 Å². The summed E-state index contributed by atoms with van der Waals surface area (Å²) < 4.78 is 8.19. The van der Waals surface area contributed by atoms with Crippen molar-refractivity contribution in [3.63, 3.8) is 0 Å².